The minimum atomic E-state index is 0.0280. The topological polar surface area (TPSA) is 43.1 Å². The normalized spacial score (nSPS) is 10.7. The summed E-state index contributed by atoms with van der Waals surface area (Å²) in [5, 5.41) is 0. The summed E-state index contributed by atoms with van der Waals surface area (Å²) in [5.74, 6) is 0.0280. The molecule has 2 aromatic carbocycles. The molecule has 90 valence electrons. The number of benzene rings is 2. The standard InChI is InChI=1S/C16H15NO/c1-12(18)15-10-9-14(16(17)11-15)8-7-13-5-3-2-4-6-13/h2-11H,17H2,1H3. The van der Waals surface area contributed by atoms with Crippen molar-refractivity contribution in [1.82, 2.24) is 0 Å². The fourth-order valence-corrected chi connectivity index (χ4v) is 1.70. The molecule has 0 heterocycles. The van der Waals surface area contributed by atoms with E-state index < -0.39 is 0 Å². The van der Waals surface area contributed by atoms with Crippen molar-refractivity contribution in [1.29, 1.82) is 0 Å². The number of hydrogen-bond acceptors (Lipinski definition) is 2. The van der Waals surface area contributed by atoms with Crippen LogP contribution in [0.3, 0.4) is 0 Å². The molecule has 0 aromatic heterocycles. The van der Waals surface area contributed by atoms with Gasteiger partial charge in [0, 0.05) is 11.3 Å². The molecule has 0 amide bonds. The first-order chi connectivity index (χ1) is 8.66. The molecule has 0 spiro atoms. The highest BCUT2D eigenvalue weighted by Crippen LogP contribution is 2.17. The Morgan fingerprint density at radius 1 is 1.06 bits per heavy atom. The number of rotatable bonds is 3. The van der Waals surface area contributed by atoms with Gasteiger partial charge in [-0.05, 0) is 24.1 Å². The van der Waals surface area contributed by atoms with E-state index in [9.17, 15) is 4.79 Å². The van der Waals surface area contributed by atoms with Gasteiger partial charge in [0.2, 0.25) is 0 Å². The Kier molecular flexibility index (Phi) is 3.58. The second-order valence-corrected chi connectivity index (χ2v) is 4.14. The van der Waals surface area contributed by atoms with E-state index in [2.05, 4.69) is 0 Å². The van der Waals surface area contributed by atoms with Crippen LogP contribution in [0.15, 0.2) is 48.5 Å². The van der Waals surface area contributed by atoms with Gasteiger partial charge in [-0.2, -0.15) is 0 Å². The van der Waals surface area contributed by atoms with Crippen LogP contribution < -0.4 is 5.73 Å². The van der Waals surface area contributed by atoms with E-state index in [1.54, 1.807) is 12.1 Å². The van der Waals surface area contributed by atoms with Gasteiger partial charge in [0.15, 0.2) is 5.78 Å². The summed E-state index contributed by atoms with van der Waals surface area (Å²) in [5.41, 5.74) is 9.22. The first-order valence-corrected chi connectivity index (χ1v) is 5.80. The molecule has 0 aliphatic rings. The van der Waals surface area contributed by atoms with Crippen LogP contribution in [0.25, 0.3) is 12.2 Å². The number of anilines is 1. The molecular weight excluding hydrogens is 222 g/mol. The number of carbonyl (C=O) groups is 1. The molecule has 2 aromatic rings. The molecule has 0 radical (unpaired) electrons. The highest BCUT2D eigenvalue weighted by Gasteiger charge is 2.01. The van der Waals surface area contributed by atoms with Crippen LogP contribution in [-0.4, -0.2) is 5.78 Å². The predicted octanol–water partition coefficient (Wildman–Crippen LogP) is 3.64. The largest absolute Gasteiger partial charge is 0.398 e. The number of carbonyl (C=O) groups excluding carboxylic acids is 1. The molecule has 0 unspecified atom stereocenters. The lowest BCUT2D eigenvalue weighted by atomic mass is 10.1. The zero-order chi connectivity index (χ0) is 13.0. The number of nitrogen functional groups attached to an aromatic ring is 1. The first-order valence-electron chi connectivity index (χ1n) is 5.80. The summed E-state index contributed by atoms with van der Waals surface area (Å²) < 4.78 is 0. The van der Waals surface area contributed by atoms with E-state index in [-0.39, 0.29) is 5.78 Å². The molecule has 2 rings (SSSR count). The molecule has 18 heavy (non-hydrogen) atoms. The first kappa shape index (κ1) is 12.1. The quantitative estimate of drug-likeness (QED) is 0.503. The third-order valence-corrected chi connectivity index (χ3v) is 2.75. The maximum atomic E-state index is 11.2. The van der Waals surface area contributed by atoms with Gasteiger partial charge in [0.25, 0.3) is 0 Å². The lowest BCUT2D eigenvalue weighted by Crippen LogP contribution is -1.96. The van der Waals surface area contributed by atoms with E-state index in [0.717, 1.165) is 11.1 Å². The third kappa shape index (κ3) is 2.86. The van der Waals surface area contributed by atoms with Crippen molar-refractivity contribution in [2.75, 3.05) is 5.73 Å². The molecule has 2 nitrogen and oxygen atoms in total. The van der Waals surface area contributed by atoms with E-state index in [0.29, 0.717) is 11.3 Å². The van der Waals surface area contributed by atoms with Gasteiger partial charge in [0.1, 0.15) is 0 Å². The van der Waals surface area contributed by atoms with Gasteiger partial charge >= 0.3 is 0 Å². The molecule has 0 aliphatic carbocycles. The average molecular weight is 237 g/mol. The third-order valence-electron chi connectivity index (χ3n) is 2.75. The Morgan fingerprint density at radius 3 is 2.39 bits per heavy atom. The van der Waals surface area contributed by atoms with Crippen molar-refractivity contribution in [2.45, 2.75) is 6.92 Å². The molecular formula is C16H15NO. The second kappa shape index (κ2) is 5.32. The minimum absolute atomic E-state index is 0.0280. The van der Waals surface area contributed by atoms with Gasteiger partial charge in [0.05, 0.1) is 0 Å². The molecule has 0 saturated carbocycles. The Labute approximate surface area is 107 Å². The van der Waals surface area contributed by atoms with Crippen LogP contribution in [0.2, 0.25) is 0 Å². The van der Waals surface area contributed by atoms with Crippen molar-refractivity contribution in [3.8, 4) is 0 Å². The molecule has 0 fully saturated rings. The highest BCUT2D eigenvalue weighted by atomic mass is 16.1. The van der Waals surface area contributed by atoms with Gasteiger partial charge in [-0.15, -0.1) is 0 Å². The van der Waals surface area contributed by atoms with Crippen LogP contribution in [0, 0.1) is 0 Å². The van der Waals surface area contributed by atoms with Crippen LogP contribution in [0.4, 0.5) is 5.69 Å². The molecule has 0 atom stereocenters. The van der Waals surface area contributed by atoms with Gasteiger partial charge in [-0.3, -0.25) is 4.79 Å². The SMILES string of the molecule is CC(=O)c1ccc(C=Cc2ccccc2)c(N)c1. The maximum absolute atomic E-state index is 11.2. The predicted molar refractivity (Wildman–Crippen MR) is 76.2 cm³/mol. The Balaban J connectivity index is 2.25. The molecule has 2 heteroatoms. The summed E-state index contributed by atoms with van der Waals surface area (Å²) in [6, 6.07) is 15.4. The summed E-state index contributed by atoms with van der Waals surface area (Å²) in [6.07, 6.45) is 3.95. The van der Waals surface area contributed by atoms with E-state index in [1.165, 1.54) is 6.92 Å². The number of hydrogen-bond donors (Lipinski definition) is 1. The molecule has 0 saturated heterocycles. The number of Topliss-reactive ketones (excluding diaryl/α,β-unsaturated/α-hetero) is 1. The lowest BCUT2D eigenvalue weighted by Gasteiger charge is -2.02. The zero-order valence-corrected chi connectivity index (χ0v) is 10.3. The molecule has 0 aliphatic heterocycles. The Hall–Kier alpha value is -2.35. The van der Waals surface area contributed by atoms with Crippen molar-refractivity contribution >= 4 is 23.6 Å². The van der Waals surface area contributed by atoms with Gasteiger partial charge in [-0.1, -0.05) is 54.6 Å². The van der Waals surface area contributed by atoms with Crippen molar-refractivity contribution in [3.05, 3.63) is 65.2 Å². The summed E-state index contributed by atoms with van der Waals surface area (Å²) in [4.78, 5) is 11.2. The summed E-state index contributed by atoms with van der Waals surface area (Å²) >= 11 is 0. The maximum Gasteiger partial charge on any atom is 0.159 e. The Morgan fingerprint density at radius 2 is 1.78 bits per heavy atom. The van der Waals surface area contributed by atoms with Crippen LogP contribution in [0.1, 0.15) is 28.4 Å². The fourth-order valence-electron chi connectivity index (χ4n) is 1.70. The lowest BCUT2D eigenvalue weighted by molar-refractivity contribution is 0.101. The number of nitrogens with two attached hydrogens (primary N) is 1. The number of ketones is 1. The Bertz CT molecular complexity index is 585. The molecule has 0 bridgehead atoms. The summed E-state index contributed by atoms with van der Waals surface area (Å²) in [7, 11) is 0. The monoisotopic (exact) mass is 237 g/mol. The van der Waals surface area contributed by atoms with Crippen LogP contribution in [0.5, 0.6) is 0 Å². The highest BCUT2D eigenvalue weighted by molar-refractivity contribution is 5.95. The summed E-state index contributed by atoms with van der Waals surface area (Å²) in [6.45, 7) is 1.54. The van der Waals surface area contributed by atoms with Crippen molar-refractivity contribution < 1.29 is 4.79 Å². The van der Waals surface area contributed by atoms with E-state index >= 15 is 0 Å². The van der Waals surface area contributed by atoms with Crippen LogP contribution >= 0.6 is 0 Å². The minimum Gasteiger partial charge on any atom is -0.398 e. The van der Waals surface area contributed by atoms with Crippen LogP contribution in [-0.2, 0) is 0 Å². The second-order valence-electron chi connectivity index (χ2n) is 4.14. The smallest absolute Gasteiger partial charge is 0.159 e. The van der Waals surface area contributed by atoms with Crippen molar-refractivity contribution in [2.24, 2.45) is 0 Å². The molecule has 2 N–H and O–H groups in total. The van der Waals surface area contributed by atoms with E-state index in [4.69, 9.17) is 5.73 Å². The van der Waals surface area contributed by atoms with Crippen molar-refractivity contribution in [3.63, 3.8) is 0 Å². The van der Waals surface area contributed by atoms with Gasteiger partial charge < -0.3 is 5.73 Å². The zero-order valence-electron chi connectivity index (χ0n) is 10.3. The fraction of sp³-hybridized carbons (Fsp3) is 0.0625. The average Bonchev–Trinajstić information content (AvgIpc) is 2.38. The van der Waals surface area contributed by atoms with Gasteiger partial charge in [-0.25, -0.2) is 0 Å². The van der Waals surface area contributed by atoms with E-state index in [1.807, 2.05) is 48.6 Å².